The quantitative estimate of drug-likeness (QED) is 0.696. The summed E-state index contributed by atoms with van der Waals surface area (Å²) in [7, 11) is 0. The van der Waals surface area contributed by atoms with Gasteiger partial charge in [0.25, 0.3) is 5.91 Å². The van der Waals surface area contributed by atoms with Crippen LogP contribution in [0.15, 0.2) is 23.0 Å². The van der Waals surface area contributed by atoms with E-state index >= 15 is 0 Å². The maximum atomic E-state index is 13.4. The number of aryl methyl sites for hydroxylation is 1. The van der Waals surface area contributed by atoms with Gasteiger partial charge in [-0.25, -0.2) is 0 Å². The number of aromatic nitrogens is 2. The number of hydrogen-bond donors (Lipinski definition) is 1. The fourth-order valence-electron chi connectivity index (χ4n) is 6.35. The largest absolute Gasteiger partial charge is 0.501 e. The van der Waals surface area contributed by atoms with Gasteiger partial charge in [0.2, 0.25) is 5.75 Å². The van der Waals surface area contributed by atoms with Crippen molar-refractivity contribution in [2.75, 3.05) is 6.54 Å². The summed E-state index contributed by atoms with van der Waals surface area (Å²) in [5.41, 5.74) is 2.42. The molecule has 6 nitrogen and oxygen atoms in total. The van der Waals surface area contributed by atoms with Crippen molar-refractivity contribution in [2.24, 2.45) is 0 Å². The molecule has 3 aliphatic rings. The fraction of sp³-hybridized carbons (Fsp3) is 0.577. The first-order valence-corrected chi connectivity index (χ1v) is 12.4. The number of benzene rings is 1. The molecule has 1 aliphatic heterocycles. The van der Waals surface area contributed by atoms with Crippen LogP contribution in [0.3, 0.4) is 0 Å². The number of carbonyl (C=O) groups is 1. The van der Waals surface area contributed by atoms with Crippen molar-refractivity contribution >= 4 is 5.91 Å². The Labute approximate surface area is 201 Å². The van der Waals surface area contributed by atoms with Gasteiger partial charge in [-0.1, -0.05) is 31.0 Å². The molecule has 2 aromatic rings. The van der Waals surface area contributed by atoms with Crippen LogP contribution in [-0.4, -0.2) is 44.2 Å². The van der Waals surface area contributed by atoms with E-state index in [2.05, 4.69) is 23.2 Å². The van der Waals surface area contributed by atoms with E-state index in [9.17, 15) is 27.9 Å². The summed E-state index contributed by atoms with van der Waals surface area (Å²) in [6, 6.07) is 4.42. The fourth-order valence-corrected chi connectivity index (χ4v) is 6.35. The number of fused-ring (bicyclic) bond motifs is 2. The van der Waals surface area contributed by atoms with Gasteiger partial charge >= 0.3 is 11.7 Å². The van der Waals surface area contributed by atoms with Crippen LogP contribution in [0.1, 0.15) is 78.5 Å². The Morgan fingerprint density at radius 1 is 1.09 bits per heavy atom. The van der Waals surface area contributed by atoms with Crippen LogP contribution in [0.2, 0.25) is 0 Å². The van der Waals surface area contributed by atoms with Crippen molar-refractivity contribution in [2.45, 2.75) is 88.9 Å². The molecule has 2 aliphatic carbocycles. The molecule has 1 N–H and O–H groups in total. The van der Waals surface area contributed by atoms with Crippen LogP contribution in [0, 0.1) is 0 Å². The summed E-state index contributed by atoms with van der Waals surface area (Å²) in [4.78, 5) is 30.5. The first-order valence-electron chi connectivity index (χ1n) is 12.4. The van der Waals surface area contributed by atoms with Crippen molar-refractivity contribution in [1.82, 2.24) is 14.5 Å². The first-order chi connectivity index (χ1) is 16.6. The molecule has 0 saturated heterocycles. The molecule has 35 heavy (non-hydrogen) atoms. The van der Waals surface area contributed by atoms with Crippen molar-refractivity contribution in [3.63, 3.8) is 0 Å². The summed E-state index contributed by atoms with van der Waals surface area (Å²) in [6.45, 7) is 0.786. The Hall–Kier alpha value is -2.84. The van der Waals surface area contributed by atoms with Crippen LogP contribution >= 0.6 is 0 Å². The molecule has 1 aromatic carbocycles. The third-order valence-corrected chi connectivity index (χ3v) is 8.23. The van der Waals surface area contributed by atoms with Gasteiger partial charge in [-0.15, -0.1) is 0 Å². The van der Waals surface area contributed by atoms with Gasteiger partial charge in [0, 0.05) is 24.9 Å². The number of nitrogens with zero attached hydrogens (tertiary/aromatic N) is 3. The number of carbonyl (C=O) groups excluding carboxylic acids is 1. The SMILES string of the molecule is C[C@@H](N1CCn2c(CC3(c4cccc5c4CCCC5)CCCC3)nc(=O)c(O)c2C1=O)C(F)(F)F. The number of halogens is 3. The molecule has 1 amide bonds. The number of hydrogen-bond acceptors (Lipinski definition) is 4. The third kappa shape index (κ3) is 4.02. The highest BCUT2D eigenvalue weighted by Gasteiger charge is 2.46. The molecule has 0 spiro atoms. The van der Waals surface area contributed by atoms with E-state index in [1.165, 1.54) is 27.7 Å². The molecule has 2 heterocycles. The molecular formula is C26H30F3N3O3. The molecule has 0 radical (unpaired) electrons. The molecule has 5 rings (SSSR count). The molecule has 0 unspecified atom stereocenters. The van der Waals surface area contributed by atoms with Gasteiger partial charge < -0.3 is 14.6 Å². The smallest absolute Gasteiger partial charge is 0.408 e. The highest BCUT2D eigenvalue weighted by Crippen LogP contribution is 2.46. The zero-order valence-electron chi connectivity index (χ0n) is 19.8. The second-order valence-corrected chi connectivity index (χ2v) is 10.2. The Balaban J connectivity index is 1.58. The number of aromatic hydroxyl groups is 1. The van der Waals surface area contributed by atoms with E-state index in [1.54, 1.807) is 0 Å². The van der Waals surface area contributed by atoms with Crippen LogP contribution in [0.5, 0.6) is 5.75 Å². The summed E-state index contributed by atoms with van der Waals surface area (Å²) in [5.74, 6) is -1.50. The lowest BCUT2D eigenvalue weighted by Gasteiger charge is -2.38. The highest BCUT2D eigenvalue weighted by atomic mass is 19.4. The van der Waals surface area contributed by atoms with E-state index in [0.717, 1.165) is 51.9 Å². The zero-order valence-corrected chi connectivity index (χ0v) is 19.8. The second kappa shape index (κ2) is 8.68. The summed E-state index contributed by atoms with van der Waals surface area (Å²) >= 11 is 0. The predicted octanol–water partition coefficient (Wildman–Crippen LogP) is 4.29. The Morgan fingerprint density at radius 3 is 2.51 bits per heavy atom. The molecule has 1 saturated carbocycles. The highest BCUT2D eigenvalue weighted by molar-refractivity contribution is 5.96. The summed E-state index contributed by atoms with van der Waals surface area (Å²) < 4.78 is 41.5. The van der Waals surface area contributed by atoms with Crippen LogP contribution in [0.25, 0.3) is 0 Å². The normalized spacial score (nSPS) is 20.5. The molecule has 0 bridgehead atoms. The van der Waals surface area contributed by atoms with E-state index in [-0.39, 0.29) is 24.2 Å². The molecule has 1 atom stereocenters. The average Bonchev–Trinajstić information content (AvgIpc) is 3.30. The van der Waals surface area contributed by atoms with E-state index < -0.39 is 29.4 Å². The molecule has 188 valence electrons. The molecule has 1 aromatic heterocycles. The van der Waals surface area contributed by atoms with E-state index in [0.29, 0.717) is 17.1 Å². The molecule has 9 heteroatoms. The Bertz CT molecular complexity index is 1210. The van der Waals surface area contributed by atoms with Crippen molar-refractivity contribution in [3.8, 4) is 5.75 Å². The average molecular weight is 490 g/mol. The second-order valence-electron chi connectivity index (χ2n) is 10.2. The lowest BCUT2D eigenvalue weighted by Crippen LogP contribution is -2.52. The topological polar surface area (TPSA) is 75.4 Å². The third-order valence-electron chi connectivity index (χ3n) is 8.23. The number of alkyl halides is 3. The number of rotatable bonds is 4. The molecule has 1 fully saturated rings. The maximum absolute atomic E-state index is 13.4. The lowest BCUT2D eigenvalue weighted by atomic mass is 9.71. The Kier molecular flexibility index (Phi) is 5.92. The van der Waals surface area contributed by atoms with Gasteiger partial charge in [-0.2, -0.15) is 18.2 Å². The van der Waals surface area contributed by atoms with Crippen molar-refractivity contribution < 1.29 is 23.1 Å². The monoisotopic (exact) mass is 489 g/mol. The van der Waals surface area contributed by atoms with E-state index in [1.807, 2.05) is 0 Å². The van der Waals surface area contributed by atoms with Gasteiger partial charge in [0.05, 0.1) is 0 Å². The summed E-state index contributed by atoms with van der Waals surface area (Å²) in [5, 5.41) is 10.4. The predicted molar refractivity (Wildman–Crippen MR) is 124 cm³/mol. The minimum atomic E-state index is -4.61. The number of amides is 1. The summed E-state index contributed by atoms with van der Waals surface area (Å²) in [6.07, 6.45) is 4.07. The van der Waals surface area contributed by atoms with Crippen LogP contribution in [0.4, 0.5) is 13.2 Å². The first kappa shape index (κ1) is 23.9. The van der Waals surface area contributed by atoms with Gasteiger partial charge in [-0.3, -0.25) is 9.59 Å². The van der Waals surface area contributed by atoms with Crippen LogP contribution < -0.4 is 5.56 Å². The maximum Gasteiger partial charge on any atom is 0.408 e. The van der Waals surface area contributed by atoms with Gasteiger partial charge in [-0.05, 0) is 62.1 Å². The van der Waals surface area contributed by atoms with Crippen molar-refractivity contribution in [3.05, 3.63) is 56.8 Å². The molecular weight excluding hydrogens is 459 g/mol. The standard InChI is InChI=1S/C26H30F3N3O3/c1-16(26(27,28)29)31-13-14-32-20(30-23(34)22(33)21(32)24(31)35)15-25(11-4-5-12-25)19-10-6-8-17-7-2-3-9-18(17)19/h6,8,10,16,33H,2-5,7,9,11-15H2,1H3/t16-/m1/s1. The van der Waals surface area contributed by atoms with Crippen LogP contribution in [-0.2, 0) is 31.2 Å². The zero-order chi connectivity index (χ0) is 25.0. The van der Waals surface area contributed by atoms with Crippen molar-refractivity contribution in [1.29, 1.82) is 0 Å². The minimum absolute atomic E-state index is 0.0423. The van der Waals surface area contributed by atoms with E-state index in [4.69, 9.17) is 0 Å². The van der Waals surface area contributed by atoms with Gasteiger partial charge in [0.15, 0.2) is 5.69 Å². The van der Waals surface area contributed by atoms with Gasteiger partial charge in [0.1, 0.15) is 11.9 Å². The lowest BCUT2D eigenvalue weighted by molar-refractivity contribution is -0.172. The Morgan fingerprint density at radius 2 is 1.80 bits per heavy atom. The minimum Gasteiger partial charge on any atom is -0.501 e.